The Morgan fingerprint density at radius 1 is 0.941 bits per heavy atom. The Kier molecular flexibility index (Phi) is 9.72. The zero-order valence-electron chi connectivity index (χ0n) is 19.9. The van der Waals surface area contributed by atoms with Crippen molar-refractivity contribution >= 4 is 34.9 Å². The zero-order valence-corrected chi connectivity index (χ0v) is 21.5. The predicted octanol–water partition coefficient (Wildman–Crippen LogP) is 6.00. The van der Waals surface area contributed by atoms with Crippen LogP contribution < -0.4 is 0 Å². The zero-order chi connectivity index (χ0) is 24.5. The van der Waals surface area contributed by atoms with Gasteiger partial charge in [-0.25, -0.2) is 4.39 Å². The molecule has 0 aliphatic carbocycles. The third-order valence-electron chi connectivity index (χ3n) is 5.31. The summed E-state index contributed by atoms with van der Waals surface area (Å²) in [5.41, 5.74) is 1.99. The first kappa shape index (κ1) is 26.0. The lowest BCUT2D eigenvalue weighted by Gasteiger charge is -2.29. The van der Waals surface area contributed by atoms with Crippen LogP contribution in [-0.2, 0) is 22.7 Å². The first-order valence-electron chi connectivity index (χ1n) is 11.3. The van der Waals surface area contributed by atoms with Crippen molar-refractivity contribution in [1.29, 1.82) is 0 Å². The Labute approximate surface area is 209 Å². The highest BCUT2D eigenvalue weighted by Crippen LogP contribution is 2.21. The van der Waals surface area contributed by atoms with Crippen molar-refractivity contribution in [2.24, 2.45) is 5.92 Å². The van der Waals surface area contributed by atoms with E-state index in [-0.39, 0.29) is 35.8 Å². The van der Waals surface area contributed by atoms with Gasteiger partial charge in [0, 0.05) is 22.9 Å². The predicted molar refractivity (Wildman–Crippen MR) is 138 cm³/mol. The smallest absolute Gasteiger partial charge is 0.242 e. The van der Waals surface area contributed by atoms with Crippen LogP contribution in [0.5, 0.6) is 0 Å². The summed E-state index contributed by atoms with van der Waals surface area (Å²) < 4.78 is 13.4. The van der Waals surface area contributed by atoms with Crippen molar-refractivity contribution < 1.29 is 14.0 Å². The van der Waals surface area contributed by atoms with Crippen molar-refractivity contribution in [3.8, 4) is 0 Å². The molecule has 0 atom stereocenters. The maximum absolute atomic E-state index is 13.5. The van der Waals surface area contributed by atoms with Crippen LogP contribution in [0.25, 0.3) is 0 Å². The Hall–Kier alpha value is -2.64. The Morgan fingerprint density at radius 2 is 1.65 bits per heavy atom. The molecule has 0 fully saturated rings. The number of halogens is 1. The number of nitrogens with zero attached hydrogens (tertiary/aromatic N) is 2. The Bertz CT molecular complexity index is 1070. The minimum absolute atomic E-state index is 0.0258. The van der Waals surface area contributed by atoms with E-state index in [0.29, 0.717) is 19.6 Å². The van der Waals surface area contributed by atoms with Crippen LogP contribution in [0.4, 0.5) is 4.39 Å². The summed E-state index contributed by atoms with van der Waals surface area (Å²) in [5, 5.41) is 2.01. The van der Waals surface area contributed by atoms with Crippen molar-refractivity contribution in [2.45, 2.75) is 38.8 Å². The molecule has 2 aromatic carbocycles. The van der Waals surface area contributed by atoms with Crippen LogP contribution in [0.15, 0.2) is 70.9 Å². The van der Waals surface area contributed by atoms with Crippen LogP contribution >= 0.6 is 23.1 Å². The molecule has 4 nitrogen and oxygen atoms in total. The molecule has 0 bridgehead atoms. The average molecular weight is 499 g/mol. The van der Waals surface area contributed by atoms with E-state index in [2.05, 4.69) is 0 Å². The van der Waals surface area contributed by atoms with Crippen molar-refractivity contribution in [1.82, 2.24) is 9.80 Å². The summed E-state index contributed by atoms with van der Waals surface area (Å²) in [6.07, 6.45) is 0. The second-order valence-corrected chi connectivity index (χ2v) is 10.7. The number of thiophene rings is 1. The molecule has 2 amide bonds. The molecular formula is C27H31FN2O2S2. The molecule has 0 aliphatic rings. The maximum atomic E-state index is 13.5. The molecule has 0 N–H and O–H groups in total. The van der Waals surface area contributed by atoms with E-state index in [4.69, 9.17) is 0 Å². The molecule has 180 valence electrons. The second kappa shape index (κ2) is 12.7. The molecule has 7 heteroatoms. The highest BCUT2D eigenvalue weighted by atomic mass is 32.2. The van der Waals surface area contributed by atoms with Gasteiger partial charge in [0.15, 0.2) is 0 Å². The van der Waals surface area contributed by atoms with Gasteiger partial charge in [-0.1, -0.05) is 44.2 Å². The summed E-state index contributed by atoms with van der Waals surface area (Å²) in [5.74, 6) is 0.0520. The number of carbonyl (C=O) groups excluding carboxylic acids is 2. The molecule has 3 aromatic rings. The fraction of sp³-hybridized carbons (Fsp3) is 0.333. The summed E-state index contributed by atoms with van der Waals surface area (Å²) >= 11 is 3.09. The third-order valence-corrected chi connectivity index (χ3v) is 7.32. The van der Waals surface area contributed by atoms with Crippen LogP contribution in [0, 0.1) is 18.7 Å². The molecule has 3 rings (SSSR count). The van der Waals surface area contributed by atoms with Crippen LogP contribution in [0.3, 0.4) is 0 Å². The summed E-state index contributed by atoms with van der Waals surface area (Å²) in [7, 11) is 0. The molecule has 1 heterocycles. The highest BCUT2D eigenvalue weighted by molar-refractivity contribution is 8.00. The standard InChI is InChI=1S/C27H31FN2O2S2/c1-20(2)15-29(27(32)19-34-24-7-5-4-6-8-24)18-26(31)30(17-25-21(3)13-14-33-25)16-22-9-11-23(28)12-10-22/h4-14,20H,15-19H2,1-3H3. The number of aryl methyl sites for hydroxylation is 1. The minimum atomic E-state index is -0.305. The van der Waals surface area contributed by atoms with Gasteiger partial charge in [-0.15, -0.1) is 23.1 Å². The number of carbonyl (C=O) groups is 2. The van der Waals surface area contributed by atoms with Gasteiger partial charge >= 0.3 is 0 Å². The number of amides is 2. The quantitative estimate of drug-likeness (QED) is 0.304. The fourth-order valence-corrected chi connectivity index (χ4v) is 5.24. The van der Waals surface area contributed by atoms with Crippen molar-refractivity contribution in [3.63, 3.8) is 0 Å². The van der Waals surface area contributed by atoms with E-state index < -0.39 is 0 Å². The van der Waals surface area contributed by atoms with Gasteiger partial charge in [0.25, 0.3) is 0 Å². The number of hydrogen-bond acceptors (Lipinski definition) is 4. The van der Waals surface area contributed by atoms with E-state index in [9.17, 15) is 14.0 Å². The number of rotatable bonds is 11. The third kappa shape index (κ3) is 7.99. The molecule has 34 heavy (non-hydrogen) atoms. The van der Waals surface area contributed by atoms with E-state index >= 15 is 0 Å². The van der Waals surface area contributed by atoms with Gasteiger partial charge in [0.1, 0.15) is 5.82 Å². The molecule has 0 saturated heterocycles. The second-order valence-electron chi connectivity index (χ2n) is 8.67. The summed E-state index contributed by atoms with van der Waals surface area (Å²) in [4.78, 5) is 32.1. The summed E-state index contributed by atoms with van der Waals surface area (Å²) in [6.45, 7) is 7.48. The Morgan fingerprint density at radius 3 is 2.26 bits per heavy atom. The van der Waals surface area contributed by atoms with Gasteiger partial charge in [-0.2, -0.15) is 0 Å². The Balaban J connectivity index is 1.73. The van der Waals surface area contributed by atoms with E-state index in [1.54, 1.807) is 33.3 Å². The van der Waals surface area contributed by atoms with E-state index in [0.717, 1.165) is 20.9 Å². The topological polar surface area (TPSA) is 40.6 Å². The number of thioether (sulfide) groups is 1. The van der Waals surface area contributed by atoms with Gasteiger partial charge in [0.2, 0.25) is 11.8 Å². The molecule has 0 aliphatic heterocycles. The molecule has 0 saturated carbocycles. The average Bonchev–Trinajstić information content (AvgIpc) is 3.22. The fourth-order valence-electron chi connectivity index (χ4n) is 3.49. The van der Waals surface area contributed by atoms with Gasteiger partial charge < -0.3 is 9.80 Å². The molecule has 0 spiro atoms. The van der Waals surface area contributed by atoms with E-state index in [1.165, 1.54) is 23.9 Å². The first-order valence-corrected chi connectivity index (χ1v) is 13.2. The highest BCUT2D eigenvalue weighted by Gasteiger charge is 2.23. The normalized spacial score (nSPS) is 11.0. The lowest BCUT2D eigenvalue weighted by atomic mass is 10.2. The first-order chi connectivity index (χ1) is 16.3. The van der Waals surface area contributed by atoms with Gasteiger partial charge in [-0.3, -0.25) is 9.59 Å². The molecular weight excluding hydrogens is 467 g/mol. The molecule has 0 radical (unpaired) electrons. The largest absolute Gasteiger partial charge is 0.332 e. The van der Waals surface area contributed by atoms with Crippen LogP contribution in [-0.4, -0.2) is 40.5 Å². The van der Waals surface area contributed by atoms with Crippen molar-refractivity contribution in [2.75, 3.05) is 18.8 Å². The SMILES string of the molecule is Cc1ccsc1CN(Cc1ccc(F)cc1)C(=O)CN(CC(C)C)C(=O)CSc1ccccc1. The van der Waals surface area contributed by atoms with Crippen LogP contribution in [0.2, 0.25) is 0 Å². The van der Waals surface area contributed by atoms with Crippen LogP contribution in [0.1, 0.15) is 29.9 Å². The molecule has 1 aromatic heterocycles. The van der Waals surface area contributed by atoms with Crippen molar-refractivity contribution in [3.05, 3.63) is 87.9 Å². The lowest BCUT2D eigenvalue weighted by Crippen LogP contribution is -2.44. The number of hydrogen-bond donors (Lipinski definition) is 0. The maximum Gasteiger partial charge on any atom is 0.242 e. The minimum Gasteiger partial charge on any atom is -0.332 e. The summed E-state index contributed by atoms with van der Waals surface area (Å²) in [6, 6.07) is 18.0. The van der Waals surface area contributed by atoms with E-state index in [1.807, 2.05) is 62.5 Å². The lowest BCUT2D eigenvalue weighted by molar-refractivity contribution is -0.140. The van der Waals surface area contributed by atoms with Gasteiger partial charge in [0.05, 0.1) is 18.8 Å². The monoisotopic (exact) mass is 498 g/mol. The van der Waals surface area contributed by atoms with Gasteiger partial charge in [-0.05, 0) is 59.7 Å². The molecule has 0 unspecified atom stereocenters. The number of benzene rings is 2.